The Balaban J connectivity index is 1.64. The number of amides is 1. The van der Waals surface area contributed by atoms with E-state index in [2.05, 4.69) is 10.3 Å². The Morgan fingerprint density at radius 3 is 2.65 bits per heavy atom. The van der Waals surface area contributed by atoms with Gasteiger partial charge in [0, 0.05) is 31.4 Å². The van der Waals surface area contributed by atoms with Crippen LogP contribution in [0.25, 0.3) is 0 Å². The van der Waals surface area contributed by atoms with Crippen molar-refractivity contribution >= 4 is 23.4 Å². The van der Waals surface area contributed by atoms with E-state index >= 15 is 0 Å². The third kappa shape index (κ3) is 6.40. The van der Waals surface area contributed by atoms with E-state index in [4.69, 9.17) is 4.74 Å². The summed E-state index contributed by atoms with van der Waals surface area (Å²) in [7, 11) is 3.49. The normalized spacial score (nSPS) is 19.1. The molecule has 1 fully saturated rings. The summed E-state index contributed by atoms with van der Waals surface area (Å²) in [6, 6.07) is 5.75. The van der Waals surface area contributed by atoms with E-state index in [9.17, 15) is 27.9 Å². The summed E-state index contributed by atoms with van der Waals surface area (Å²) < 4.78 is 48.8. The number of β-amino-alcohol motifs (C(OH)–C–C–N with tert-alkyl or cyclic N) is 1. The van der Waals surface area contributed by atoms with Crippen molar-refractivity contribution in [1.82, 2.24) is 14.5 Å². The molecule has 10 nitrogen and oxygen atoms in total. The van der Waals surface area contributed by atoms with Crippen LogP contribution < -0.4 is 20.7 Å². The number of ether oxygens (including phenoxy) is 1. The fourth-order valence-electron chi connectivity index (χ4n) is 4.56. The summed E-state index contributed by atoms with van der Waals surface area (Å²) in [5.41, 5.74) is 0.295. The van der Waals surface area contributed by atoms with Crippen LogP contribution in [0.1, 0.15) is 18.1 Å². The molecule has 3 heterocycles. The highest BCUT2D eigenvalue weighted by Gasteiger charge is 2.47. The lowest BCUT2D eigenvalue weighted by molar-refractivity contribution is -0.153. The van der Waals surface area contributed by atoms with Crippen LogP contribution in [0.2, 0.25) is 0 Å². The number of alkyl halides is 3. The van der Waals surface area contributed by atoms with Gasteiger partial charge in [-0.25, -0.2) is 0 Å². The molecule has 1 aromatic heterocycles. The van der Waals surface area contributed by atoms with Crippen molar-refractivity contribution < 1.29 is 27.8 Å². The maximum atomic E-state index is 14.1. The van der Waals surface area contributed by atoms with Gasteiger partial charge in [-0.05, 0) is 38.2 Å². The van der Waals surface area contributed by atoms with E-state index < -0.39 is 30.4 Å². The number of hydrogen-bond acceptors (Lipinski definition) is 8. The Kier molecular flexibility index (Phi) is 8.05. The zero-order valence-corrected chi connectivity index (χ0v) is 20.7. The smallest absolute Gasteiger partial charge is 0.387 e. The second-order valence-corrected chi connectivity index (χ2v) is 9.43. The first-order chi connectivity index (χ1) is 17.5. The number of carbonyl (C=O) groups excluding carboxylic acids is 1. The number of halogens is 3. The van der Waals surface area contributed by atoms with Gasteiger partial charge in [0.05, 0.1) is 32.4 Å². The van der Waals surface area contributed by atoms with E-state index in [1.165, 1.54) is 16.7 Å². The van der Waals surface area contributed by atoms with E-state index in [1.807, 2.05) is 0 Å². The molecular weight excluding hydrogens is 493 g/mol. The molecule has 4 rings (SSSR count). The Labute approximate surface area is 212 Å². The van der Waals surface area contributed by atoms with Gasteiger partial charge >= 0.3 is 6.18 Å². The number of fused-ring (bicyclic) bond motifs is 1. The summed E-state index contributed by atoms with van der Waals surface area (Å²) >= 11 is 0. The summed E-state index contributed by atoms with van der Waals surface area (Å²) in [6.07, 6.45) is -6.28. The minimum absolute atomic E-state index is 0.128. The lowest BCUT2D eigenvalue weighted by Gasteiger charge is -2.40. The quantitative estimate of drug-likeness (QED) is 0.561. The van der Waals surface area contributed by atoms with E-state index in [0.717, 1.165) is 4.90 Å². The van der Waals surface area contributed by atoms with Crippen LogP contribution in [0.3, 0.4) is 0 Å². The first-order valence-corrected chi connectivity index (χ1v) is 12.0. The Hall–Kier alpha value is -3.16. The van der Waals surface area contributed by atoms with Crippen LogP contribution in [0.5, 0.6) is 0 Å². The molecule has 2 atom stereocenters. The number of anilines is 3. The largest absolute Gasteiger partial charge is 0.408 e. The van der Waals surface area contributed by atoms with Gasteiger partial charge in [-0.1, -0.05) is 12.1 Å². The number of nitrogens with one attached hydrogen (secondary N) is 1. The fraction of sp³-hybridized carbons (Fsp3) is 0.542. The number of morpholine rings is 1. The minimum atomic E-state index is -4.60. The number of nitrogens with zero attached hydrogens (tertiary/aromatic N) is 5. The van der Waals surface area contributed by atoms with Crippen molar-refractivity contribution in [1.29, 1.82) is 0 Å². The van der Waals surface area contributed by atoms with Crippen molar-refractivity contribution in [2.75, 3.05) is 68.6 Å². The van der Waals surface area contributed by atoms with Crippen LogP contribution in [0, 0.1) is 0 Å². The maximum absolute atomic E-state index is 14.1. The van der Waals surface area contributed by atoms with Crippen molar-refractivity contribution in [3.05, 3.63) is 46.2 Å². The number of likely N-dealkylation sites (N-methyl/N-ethyl adjacent to an activating group) is 1. The van der Waals surface area contributed by atoms with E-state index in [-0.39, 0.29) is 37.2 Å². The molecule has 1 aromatic carbocycles. The molecule has 2 N–H and O–H groups in total. The molecule has 0 spiro atoms. The van der Waals surface area contributed by atoms with Crippen LogP contribution in [0.15, 0.2) is 35.1 Å². The predicted octanol–water partition coefficient (Wildman–Crippen LogP) is 1.45. The Bertz CT molecular complexity index is 1170. The molecule has 37 heavy (non-hydrogen) atoms. The second kappa shape index (κ2) is 11.1. The summed E-state index contributed by atoms with van der Waals surface area (Å²) in [6.45, 7) is 1.36. The summed E-state index contributed by atoms with van der Waals surface area (Å²) in [4.78, 5) is 33.9. The van der Waals surface area contributed by atoms with Gasteiger partial charge in [-0.3, -0.25) is 14.2 Å². The molecule has 2 aliphatic rings. The average Bonchev–Trinajstić information content (AvgIpc) is 2.83. The highest BCUT2D eigenvalue weighted by molar-refractivity contribution is 5.92. The van der Waals surface area contributed by atoms with Gasteiger partial charge in [0.1, 0.15) is 11.9 Å². The zero-order valence-electron chi connectivity index (χ0n) is 20.7. The molecule has 0 radical (unpaired) electrons. The summed E-state index contributed by atoms with van der Waals surface area (Å²) in [5.74, 6) is -0.109. The van der Waals surface area contributed by atoms with Crippen LogP contribution >= 0.6 is 0 Å². The number of rotatable bonds is 7. The minimum Gasteiger partial charge on any atom is -0.387 e. The first-order valence-electron chi connectivity index (χ1n) is 12.0. The van der Waals surface area contributed by atoms with Gasteiger partial charge in [-0.15, -0.1) is 0 Å². The third-order valence-corrected chi connectivity index (χ3v) is 6.33. The molecule has 0 aliphatic carbocycles. The lowest BCUT2D eigenvalue weighted by Crippen LogP contribution is -2.53. The monoisotopic (exact) mass is 524 g/mol. The van der Waals surface area contributed by atoms with Crippen LogP contribution in [-0.4, -0.2) is 91.2 Å². The molecule has 1 saturated heterocycles. The van der Waals surface area contributed by atoms with Crippen LogP contribution in [0.4, 0.5) is 30.6 Å². The number of hydrogen-bond donors (Lipinski definition) is 2. The van der Waals surface area contributed by atoms with Crippen molar-refractivity contribution in [3.63, 3.8) is 0 Å². The van der Waals surface area contributed by atoms with Crippen molar-refractivity contribution in [2.24, 2.45) is 0 Å². The second-order valence-electron chi connectivity index (χ2n) is 9.43. The molecule has 13 heteroatoms. The van der Waals surface area contributed by atoms with Gasteiger partial charge in [0.15, 0.2) is 0 Å². The highest BCUT2D eigenvalue weighted by Crippen LogP contribution is 2.35. The molecule has 0 unspecified atom stereocenters. The number of aliphatic hydroxyl groups is 1. The van der Waals surface area contributed by atoms with Crippen molar-refractivity contribution in [2.45, 2.75) is 31.3 Å². The molecule has 2 aromatic rings. The van der Waals surface area contributed by atoms with Gasteiger partial charge < -0.3 is 29.9 Å². The third-order valence-electron chi connectivity index (χ3n) is 6.33. The molecule has 2 aliphatic heterocycles. The topological polar surface area (TPSA) is 103 Å². The maximum Gasteiger partial charge on any atom is 0.408 e. The molecule has 202 valence electrons. The zero-order chi connectivity index (χ0) is 26.7. The number of aromatic nitrogens is 2. The first kappa shape index (κ1) is 26.9. The average molecular weight is 525 g/mol. The Morgan fingerprint density at radius 2 is 1.97 bits per heavy atom. The van der Waals surface area contributed by atoms with E-state index in [1.54, 1.807) is 42.1 Å². The number of carbonyl (C=O) groups is 1. The number of aliphatic hydroxyl groups excluding tert-OH is 1. The molecular formula is C24H31F3N6O4. The molecule has 1 amide bonds. The lowest BCUT2D eigenvalue weighted by atomic mass is 10.0. The highest BCUT2D eigenvalue weighted by atomic mass is 19.4. The SMILES string of the molecule is CN(C)CC(=O)Nc1cccc([C@H](O)CN2c3nc(N4CCOCC4)cc(=O)n3CC[C@H]2C(F)(F)F)c1. The van der Waals surface area contributed by atoms with Crippen LogP contribution in [-0.2, 0) is 16.1 Å². The standard InChI is InChI=1S/C24H31F3N6O4/c1-30(2)15-21(35)28-17-5-3-4-16(12-17)18(34)14-33-19(24(25,26)27)6-7-32-22(36)13-20(29-23(32)33)31-8-10-37-11-9-31/h3-5,12-13,18-19,34H,6-11,14-15H2,1-2H3,(H,28,35)/t18-,19+/m1/s1. The Morgan fingerprint density at radius 1 is 1.24 bits per heavy atom. The predicted molar refractivity (Wildman–Crippen MR) is 132 cm³/mol. The summed E-state index contributed by atoms with van der Waals surface area (Å²) in [5, 5.41) is 13.7. The van der Waals surface area contributed by atoms with Crippen molar-refractivity contribution in [3.8, 4) is 0 Å². The molecule has 0 bridgehead atoms. The van der Waals surface area contributed by atoms with Gasteiger partial charge in [0.25, 0.3) is 5.56 Å². The van der Waals surface area contributed by atoms with Gasteiger partial charge in [0.2, 0.25) is 11.9 Å². The number of benzene rings is 1. The molecule has 0 saturated carbocycles. The fourth-order valence-corrected chi connectivity index (χ4v) is 4.56. The van der Waals surface area contributed by atoms with Gasteiger partial charge in [-0.2, -0.15) is 18.2 Å². The van der Waals surface area contributed by atoms with E-state index in [0.29, 0.717) is 37.6 Å².